The smallest absolute Gasteiger partial charge is 0.198 e. The molecule has 0 aliphatic heterocycles. The molecular formula is C15H14BrNO3. The van der Waals surface area contributed by atoms with Gasteiger partial charge in [0.15, 0.2) is 5.78 Å². The van der Waals surface area contributed by atoms with Crippen LogP contribution < -0.4 is 9.47 Å². The Hall–Kier alpha value is -1.88. The van der Waals surface area contributed by atoms with E-state index in [2.05, 4.69) is 20.9 Å². The van der Waals surface area contributed by atoms with E-state index in [9.17, 15) is 4.79 Å². The molecule has 1 aromatic heterocycles. The number of rotatable bonds is 5. The van der Waals surface area contributed by atoms with Crippen LogP contribution in [0.25, 0.3) is 0 Å². The first-order valence-corrected chi connectivity index (χ1v) is 6.91. The highest BCUT2D eigenvalue weighted by Crippen LogP contribution is 2.26. The van der Waals surface area contributed by atoms with Crippen LogP contribution in [0.4, 0.5) is 0 Å². The van der Waals surface area contributed by atoms with Crippen LogP contribution in [0.5, 0.6) is 11.5 Å². The van der Waals surface area contributed by atoms with Gasteiger partial charge in [-0.05, 0) is 31.2 Å². The van der Waals surface area contributed by atoms with E-state index in [4.69, 9.17) is 9.47 Å². The van der Waals surface area contributed by atoms with Crippen molar-refractivity contribution in [3.05, 3.63) is 52.3 Å². The van der Waals surface area contributed by atoms with Gasteiger partial charge in [0.25, 0.3) is 0 Å². The Morgan fingerprint density at radius 3 is 2.80 bits per heavy atom. The maximum Gasteiger partial charge on any atom is 0.198 e. The molecule has 0 aliphatic carbocycles. The van der Waals surface area contributed by atoms with Gasteiger partial charge in [0.2, 0.25) is 0 Å². The molecule has 20 heavy (non-hydrogen) atoms. The standard InChI is InChI=1S/C15H14BrNO3/c1-3-20-12-6-10(8-17-9-12)15(18)13-5-4-11(16)7-14(13)19-2/h4-9H,3H2,1-2H3. The van der Waals surface area contributed by atoms with Crippen LogP contribution >= 0.6 is 15.9 Å². The maximum absolute atomic E-state index is 12.5. The summed E-state index contributed by atoms with van der Waals surface area (Å²) in [5.74, 6) is 0.948. The van der Waals surface area contributed by atoms with E-state index in [0.717, 1.165) is 4.47 Å². The third-order valence-electron chi connectivity index (χ3n) is 2.69. The third kappa shape index (κ3) is 3.17. The van der Waals surface area contributed by atoms with E-state index >= 15 is 0 Å². The molecule has 1 heterocycles. The van der Waals surface area contributed by atoms with Crippen LogP contribution in [0, 0.1) is 0 Å². The molecule has 0 saturated heterocycles. The largest absolute Gasteiger partial charge is 0.496 e. The van der Waals surface area contributed by atoms with Crippen molar-refractivity contribution in [3.63, 3.8) is 0 Å². The van der Waals surface area contributed by atoms with Gasteiger partial charge in [0.1, 0.15) is 11.5 Å². The molecule has 1 aromatic carbocycles. The Morgan fingerprint density at radius 1 is 1.30 bits per heavy atom. The molecule has 4 nitrogen and oxygen atoms in total. The van der Waals surface area contributed by atoms with E-state index in [0.29, 0.717) is 29.2 Å². The number of methoxy groups -OCH3 is 1. The molecule has 5 heteroatoms. The summed E-state index contributed by atoms with van der Waals surface area (Å²) in [7, 11) is 1.54. The molecule has 0 radical (unpaired) electrons. The topological polar surface area (TPSA) is 48.4 Å². The summed E-state index contributed by atoms with van der Waals surface area (Å²) in [6, 6.07) is 6.96. The monoisotopic (exact) mass is 335 g/mol. The minimum Gasteiger partial charge on any atom is -0.496 e. The summed E-state index contributed by atoms with van der Waals surface area (Å²) >= 11 is 3.35. The third-order valence-corrected chi connectivity index (χ3v) is 3.19. The van der Waals surface area contributed by atoms with Crippen LogP contribution in [0.2, 0.25) is 0 Å². The molecule has 0 bridgehead atoms. The maximum atomic E-state index is 12.5. The van der Waals surface area contributed by atoms with Crippen LogP contribution in [-0.2, 0) is 0 Å². The predicted molar refractivity (Wildman–Crippen MR) is 79.5 cm³/mol. The minimum absolute atomic E-state index is 0.150. The van der Waals surface area contributed by atoms with Gasteiger partial charge in [-0.1, -0.05) is 15.9 Å². The van der Waals surface area contributed by atoms with Crippen LogP contribution in [0.15, 0.2) is 41.1 Å². The lowest BCUT2D eigenvalue weighted by Gasteiger charge is -2.09. The van der Waals surface area contributed by atoms with Crippen molar-refractivity contribution in [3.8, 4) is 11.5 Å². The number of hydrogen-bond acceptors (Lipinski definition) is 4. The second-order valence-corrected chi connectivity index (χ2v) is 4.93. The van der Waals surface area contributed by atoms with E-state index < -0.39 is 0 Å². The lowest BCUT2D eigenvalue weighted by atomic mass is 10.0. The zero-order valence-corrected chi connectivity index (χ0v) is 12.8. The number of pyridine rings is 1. The number of halogens is 1. The van der Waals surface area contributed by atoms with Crippen molar-refractivity contribution in [1.82, 2.24) is 4.98 Å². The average molecular weight is 336 g/mol. The molecule has 0 fully saturated rings. The SMILES string of the molecule is CCOc1cncc(C(=O)c2ccc(Br)cc2OC)c1. The summed E-state index contributed by atoms with van der Waals surface area (Å²) in [5, 5.41) is 0. The molecule has 0 amide bonds. The highest BCUT2D eigenvalue weighted by atomic mass is 79.9. The fourth-order valence-electron chi connectivity index (χ4n) is 1.80. The number of aromatic nitrogens is 1. The first-order valence-electron chi connectivity index (χ1n) is 6.11. The molecular weight excluding hydrogens is 322 g/mol. The van der Waals surface area contributed by atoms with Gasteiger partial charge in [-0.3, -0.25) is 9.78 Å². The van der Waals surface area contributed by atoms with Crippen molar-refractivity contribution in [2.75, 3.05) is 13.7 Å². The summed E-state index contributed by atoms with van der Waals surface area (Å²) in [4.78, 5) is 16.5. The number of nitrogens with zero attached hydrogens (tertiary/aromatic N) is 1. The van der Waals surface area contributed by atoms with Crippen molar-refractivity contribution in [2.24, 2.45) is 0 Å². The number of hydrogen-bond donors (Lipinski definition) is 0. The first-order chi connectivity index (χ1) is 9.65. The Labute approximate surface area is 125 Å². The van der Waals surface area contributed by atoms with Gasteiger partial charge in [-0.2, -0.15) is 0 Å². The first kappa shape index (κ1) is 14.5. The summed E-state index contributed by atoms with van der Waals surface area (Å²) in [6.45, 7) is 2.41. The van der Waals surface area contributed by atoms with E-state index in [1.54, 1.807) is 30.5 Å². The predicted octanol–water partition coefficient (Wildman–Crippen LogP) is 3.48. The zero-order valence-electron chi connectivity index (χ0n) is 11.2. The summed E-state index contributed by atoms with van der Waals surface area (Å²) in [5.41, 5.74) is 0.961. The number of ether oxygens (including phenoxy) is 2. The van der Waals surface area contributed by atoms with Gasteiger partial charge >= 0.3 is 0 Å². The van der Waals surface area contributed by atoms with Crippen LogP contribution in [0.3, 0.4) is 0 Å². The fraction of sp³-hybridized carbons (Fsp3) is 0.200. The van der Waals surface area contributed by atoms with Crippen molar-refractivity contribution in [1.29, 1.82) is 0 Å². The summed E-state index contributed by atoms with van der Waals surface area (Å²) in [6.07, 6.45) is 3.10. The van der Waals surface area contributed by atoms with Crippen LogP contribution in [0.1, 0.15) is 22.8 Å². The molecule has 104 valence electrons. The number of ketones is 1. The van der Waals surface area contributed by atoms with Gasteiger partial charge in [-0.15, -0.1) is 0 Å². The molecule has 0 N–H and O–H groups in total. The van der Waals surface area contributed by atoms with Gasteiger partial charge in [-0.25, -0.2) is 0 Å². The second kappa shape index (κ2) is 6.52. The zero-order chi connectivity index (χ0) is 14.5. The Bertz CT molecular complexity index is 628. The Morgan fingerprint density at radius 2 is 2.10 bits per heavy atom. The lowest BCUT2D eigenvalue weighted by Crippen LogP contribution is -2.05. The van der Waals surface area contributed by atoms with E-state index in [1.165, 1.54) is 13.3 Å². The molecule has 0 aliphatic rings. The average Bonchev–Trinajstić information content (AvgIpc) is 2.47. The van der Waals surface area contributed by atoms with E-state index in [1.807, 2.05) is 6.92 Å². The minimum atomic E-state index is -0.150. The Balaban J connectivity index is 2.38. The molecule has 0 unspecified atom stereocenters. The van der Waals surface area contributed by atoms with Crippen molar-refractivity contribution >= 4 is 21.7 Å². The van der Waals surface area contributed by atoms with E-state index in [-0.39, 0.29) is 5.78 Å². The lowest BCUT2D eigenvalue weighted by molar-refractivity contribution is 0.103. The second-order valence-electron chi connectivity index (χ2n) is 4.02. The summed E-state index contributed by atoms with van der Waals surface area (Å²) < 4.78 is 11.5. The molecule has 0 atom stereocenters. The van der Waals surface area contributed by atoms with Gasteiger partial charge in [0, 0.05) is 16.2 Å². The number of carbonyl (C=O) groups excluding carboxylic acids is 1. The molecule has 0 saturated carbocycles. The van der Waals surface area contributed by atoms with Crippen LogP contribution in [-0.4, -0.2) is 24.5 Å². The Kier molecular flexibility index (Phi) is 4.74. The fourth-order valence-corrected chi connectivity index (χ4v) is 2.14. The number of carbonyl (C=O) groups is 1. The molecule has 2 rings (SSSR count). The van der Waals surface area contributed by atoms with Gasteiger partial charge < -0.3 is 9.47 Å². The molecule has 2 aromatic rings. The normalized spacial score (nSPS) is 10.2. The quantitative estimate of drug-likeness (QED) is 0.785. The van der Waals surface area contributed by atoms with Crippen molar-refractivity contribution < 1.29 is 14.3 Å². The number of benzene rings is 1. The molecule has 0 spiro atoms. The van der Waals surface area contributed by atoms with Crippen molar-refractivity contribution in [2.45, 2.75) is 6.92 Å². The highest BCUT2D eigenvalue weighted by Gasteiger charge is 2.15. The highest BCUT2D eigenvalue weighted by molar-refractivity contribution is 9.10. The van der Waals surface area contributed by atoms with Gasteiger partial charge in [0.05, 0.1) is 25.5 Å².